The third-order valence-electron chi connectivity index (χ3n) is 10.8. The van der Waals surface area contributed by atoms with E-state index in [0.29, 0.717) is 19.4 Å². The SMILES string of the molecule is CC/C=C\C/C=C\C/C=C\CCCCCCCCCC(=O)OCC(COCCCCCCCCCCCC)OC(=O)CCCCCCC/C=C\CCCCCCCC. The van der Waals surface area contributed by atoms with Crippen molar-refractivity contribution in [1.29, 1.82) is 0 Å². The molecule has 0 heterocycles. The fourth-order valence-corrected chi connectivity index (χ4v) is 7.11. The minimum atomic E-state index is -0.540. The normalized spacial score (nSPS) is 12.5. The van der Waals surface area contributed by atoms with E-state index in [-0.39, 0.29) is 25.2 Å². The van der Waals surface area contributed by atoms with Crippen molar-refractivity contribution >= 4 is 11.9 Å². The zero-order valence-corrected chi connectivity index (χ0v) is 38.8. The van der Waals surface area contributed by atoms with E-state index in [1.54, 1.807) is 0 Å². The Labute approximate surface area is 361 Å². The van der Waals surface area contributed by atoms with Crippen LogP contribution < -0.4 is 0 Å². The minimum absolute atomic E-state index is 0.0794. The Morgan fingerprint density at radius 3 is 1.26 bits per heavy atom. The van der Waals surface area contributed by atoms with Crippen molar-refractivity contribution in [2.24, 2.45) is 0 Å². The Morgan fingerprint density at radius 1 is 0.397 bits per heavy atom. The van der Waals surface area contributed by atoms with Crippen molar-refractivity contribution in [3.05, 3.63) is 48.6 Å². The minimum Gasteiger partial charge on any atom is -0.462 e. The Balaban J connectivity index is 4.23. The standard InChI is InChI=1S/C53H96O5/c1-4-7-10-13-16-19-22-24-26-27-29-30-32-34-37-40-43-46-52(54)57-50-51(49-56-48-45-42-39-36-21-18-15-12-9-6-3)58-53(55)47-44-41-38-35-33-31-28-25-23-20-17-14-11-8-5-2/h7,10,16,19,24-26,28,51H,4-6,8-9,11-15,17-18,20-23,27,29-50H2,1-3H3/b10-7-,19-16-,26-24-,28-25-. The molecule has 5 nitrogen and oxygen atoms in total. The van der Waals surface area contributed by atoms with Crippen molar-refractivity contribution in [1.82, 2.24) is 0 Å². The molecular formula is C53H96O5. The van der Waals surface area contributed by atoms with E-state index >= 15 is 0 Å². The molecular weight excluding hydrogens is 717 g/mol. The average molecular weight is 813 g/mol. The summed E-state index contributed by atoms with van der Waals surface area (Å²) in [5.41, 5.74) is 0. The van der Waals surface area contributed by atoms with Crippen LogP contribution in [0.15, 0.2) is 48.6 Å². The molecule has 0 aromatic rings. The summed E-state index contributed by atoms with van der Waals surface area (Å²) in [5, 5.41) is 0. The molecule has 1 atom stereocenters. The number of carbonyl (C=O) groups is 2. The van der Waals surface area contributed by atoms with Gasteiger partial charge in [0.1, 0.15) is 6.61 Å². The van der Waals surface area contributed by atoms with Crippen molar-refractivity contribution in [2.75, 3.05) is 19.8 Å². The zero-order chi connectivity index (χ0) is 42.1. The summed E-state index contributed by atoms with van der Waals surface area (Å²) >= 11 is 0. The first-order chi connectivity index (χ1) is 28.6. The highest BCUT2D eigenvalue weighted by Gasteiger charge is 2.17. The Hall–Kier alpha value is -2.14. The molecule has 0 fully saturated rings. The molecule has 0 saturated carbocycles. The number of ether oxygens (including phenoxy) is 3. The summed E-state index contributed by atoms with van der Waals surface area (Å²) in [6.45, 7) is 7.71. The van der Waals surface area contributed by atoms with Crippen LogP contribution in [0.4, 0.5) is 0 Å². The van der Waals surface area contributed by atoms with Gasteiger partial charge in [0.05, 0.1) is 6.61 Å². The number of hydrogen-bond acceptors (Lipinski definition) is 5. The number of allylic oxidation sites excluding steroid dienone is 8. The van der Waals surface area contributed by atoms with Crippen LogP contribution in [0.25, 0.3) is 0 Å². The van der Waals surface area contributed by atoms with Gasteiger partial charge in [0.15, 0.2) is 6.10 Å². The van der Waals surface area contributed by atoms with Crippen molar-refractivity contribution in [2.45, 2.75) is 258 Å². The molecule has 0 spiro atoms. The zero-order valence-electron chi connectivity index (χ0n) is 38.8. The average Bonchev–Trinajstić information content (AvgIpc) is 3.22. The van der Waals surface area contributed by atoms with Gasteiger partial charge in [-0.1, -0.05) is 211 Å². The highest BCUT2D eigenvalue weighted by atomic mass is 16.6. The van der Waals surface area contributed by atoms with Crippen molar-refractivity contribution in [3.63, 3.8) is 0 Å². The van der Waals surface area contributed by atoms with Gasteiger partial charge >= 0.3 is 11.9 Å². The lowest BCUT2D eigenvalue weighted by Gasteiger charge is -2.18. The molecule has 0 aliphatic heterocycles. The summed E-state index contributed by atoms with van der Waals surface area (Å²) in [6.07, 6.45) is 59.7. The molecule has 0 aliphatic rings. The fraction of sp³-hybridized carbons (Fsp3) is 0.811. The van der Waals surface area contributed by atoms with E-state index < -0.39 is 6.10 Å². The van der Waals surface area contributed by atoms with Gasteiger partial charge in [0.2, 0.25) is 0 Å². The number of unbranched alkanes of at least 4 members (excludes halogenated alkanes) is 27. The summed E-state index contributed by atoms with van der Waals surface area (Å²) in [6, 6.07) is 0. The maximum absolute atomic E-state index is 12.8. The van der Waals surface area contributed by atoms with Crippen LogP contribution in [0.1, 0.15) is 252 Å². The van der Waals surface area contributed by atoms with Gasteiger partial charge < -0.3 is 14.2 Å². The van der Waals surface area contributed by atoms with Crippen LogP contribution >= 0.6 is 0 Å². The Kier molecular flexibility index (Phi) is 47.4. The topological polar surface area (TPSA) is 61.8 Å². The van der Waals surface area contributed by atoms with Crippen molar-refractivity contribution in [3.8, 4) is 0 Å². The summed E-state index contributed by atoms with van der Waals surface area (Å²) in [5.74, 6) is -0.410. The second-order valence-corrected chi connectivity index (χ2v) is 16.7. The van der Waals surface area contributed by atoms with Crippen molar-refractivity contribution < 1.29 is 23.8 Å². The third-order valence-corrected chi connectivity index (χ3v) is 10.8. The Morgan fingerprint density at radius 2 is 0.776 bits per heavy atom. The highest BCUT2D eigenvalue weighted by molar-refractivity contribution is 5.70. The smallest absolute Gasteiger partial charge is 0.306 e. The van der Waals surface area contributed by atoms with Gasteiger partial charge in [-0.05, 0) is 77.0 Å². The van der Waals surface area contributed by atoms with E-state index in [0.717, 1.165) is 83.5 Å². The molecule has 0 rings (SSSR count). The van der Waals surface area contributed by atoms with E-state index in [1.165, 1.54) is 135 Å². The molecule has 0 bridgehead atoms. The molecule has 0 aromatic heterocycles. The monoisotopic (exact) mass is 813 g/mol. The molecule has 0 aromatic carbocycles. The van der Waals surface area contributed by atoms with Crippen LogP contribution in [-0.4, -0.2) is 37.9 Å². The summed E-state index contributed by atoms with van der Waals surface area (Å²) < 4.78 is 17.4. The van der Waals surface area contributed by atoms with Crippen LogP contribution in [0.3, 0.4) is 0 Å². The molecule has 5 heteroatoms. The first-order valence-corrected chi connectivity index (χ1v) is 25.2. The molecule has 58 heavy (non-hydrogen) atoms. The lowest BCUT2D eigenvalue weighted by Crippen LogP contribution is -2.30. The first-order valence-electron chi connectivity index (χ1n) is 25.2. The summed E-state index contributed by atoms with van der Waals surface area (Å²) in [4.78, 5) is 25.3. The lowest BCUT2D eigenvalue weighted by atomic mass is 10.1. The molecule has 0 aliphatic carbocycles. The highest BCUT2D eigenvalue weighted by Crippen LogP contribution is 2.14. The number of carbonyl (C=O) groups excluding carboxylic acids is 2. The molecule has 0 saturated heterocycles. The quantitative estimate of drug-likeness (QED) is 0.0348. The largest absolute Gasteiger partial charge is 0.462 e. The van der Waals surface area contributed by atoms with E-state index in [4.69, 9.17) is 14.2 Å². The predicted molar refractivity (Wildman–Crippen MR) is 251 cm³/mol. The number of hydrogen-bond donors (Lipinski definition) is 0. The van der Waals surface area contributed by atoms with Gasteiger partial charge in [0.25, 0.3) is 0 Å². The fourth-order valence-electron chi connectivity index (χ4n) is 7.11. The first kappa shape index (κ1) is 55.9. The Bertz CT molecular complexity index is 966. The van der Waals surface area contributed by atoms with Crippen LogP contribution in [0.2, 0.25) is 0 Å². The molecule has 338 valence electrons. The summed E-state index contributed by atoms with van der Waals surface area (Å²) in [7, 11) is 0. The molecule has 0 radical (unpaired) electrons. The van der Waals surface area contributed by atoms with Gasteiger partial charge in [-0.25, -0.2) is 0 Å². The van der Waals surface area contributed by atoms with E-state index in [9.17, 15) is 9.59 Å². The van der Waals surface area contributed by atoms with Crippen LogP contribution in [0, 0.1) is 0 Å². The van der Waals surface area contributed by atoms with Crippen LogP contribution in [0.5, 0.6) is 0 Å². The van der Waals surface area contributed by atoms with E-state index in [2.05, 4.69) is 69.4 Å². The molecule has 0 amide bonds. The third kappa shape index (κ3) is 46.5. The van der Waals surface area contributed by atoms with Gasteiger partial charge in [-0.3, -0.25) is 9.59 Å². The van der Waals surface area contributed by atoms with Gasteiger partial charge in [-0.15, -0.1) is 0 Å². The maximum Gasteiger partial charge on any atom is 0.306 e. The number of esters is 2. The second kappa shape index (κ2) is 49.2. The van der Waals surface area contributed by atoms with Crippen LogP contribution in [-0.2, 0) is 23.8 Å². The van der Waals surface area contributed by atoms with Gasteiger partial charge in [0, 0.05) is 19.4 Å². The maximum atomic E-state index is 12.8. The molecule has 0 N–H and O–H groups in total. The predicted octanol–water partition coefficient (Wildman–Crippen LogP) is 16.8. The number of rotatable bonds is 46. The van der Waals surface area contributed by atoms with Gasteiger partial charge in [-0.2, -0.15) is 0 Å². The van der Waals surface area contributed by atoms with E-state index in [1.807, 2.05) is 0 Å². The lowest BCUT2D eigenvalue weighted by molar-refractivity contribution is -0.163. The second-order valence-electron chi connectivity index (χ2n) is 16.7. The molecule has 1 unspecified atom stereocenters.